The van der Waals surface area contributed by atoms with Crippen molar-refractivity contribution in [3.05, 3.63) is 29.3 Å². The van der Waals surface area contributed by atoms with Gasteiger partial charge in [-0.1, -0.05) is 13.0 Å². The summed E-state index contributed by atoms with van der Waals surface area (Å²) in [6.45, 7) is 4.69. The molecule has 0 spiro atoms. The van der Waals surface area contributed by atoms with Gasteiger partial charge in [0.05, 0.1) is 0 Å². The van der Waals surface area contributed by atoms with Gasteiger partial charge >= 0.3 is 0 Å². The Morgan fingerprint density at radius 3 is 2.86 bits per heavy atom. The van der Waals surface area contributed by atoms with Crippen LogP contribution in [0.15, 0.2) is 18.2 Å². The van der Waals surface area contributed by atoms with Gasteiger partial charge in [-0.15, -0.1) is 0 Å². The summed E-state index contributed by atoms with van der Waals surface area (Å²) in [5, 5.41) is 9.99. The lowest BCUT2D eigenvalue weighted by Gasteiger charge is -2.55. The van der Waals surface area contributed by atoms with E-state index in [1.807, 2.05) is 12.1 Å². The van der Waals surface area contributed by atoms with Crippen LogP contribution in [0.3, 0.4) is 0 Å². The smallest absolute Gasteiger partial charge is 0.115 e. The molecule has 0 unspecified atom stereocenters. The normalized spacial score (nSPS) is 32.2. The molecule has 1 saturated heterocycles. The number of likely N-dealkylation sites (N-methyl/N-ethyl adjacent to an activating group) is 1. The molecule has 3 atom stereocenters. The minimum atomic E-state index is 0.230. The molecule has 0 saturated carbocycles. The molecule has 3 nitrogen and oxygen atoms in total. The van der Waals surface area contributed by atoms with Gasteiger partial charge in [-0.2, -0.15) is 0 Å². The number of aromatic hydroxyl groups is 1. The quantitative estimate of drug-likeness (QED) is 0.925. The number of likely N-dealkylation sites (tertiary alicyclic amines) is 1. The number of piperidine rings is 1. The van der Waals surface area contributed by atoms with E-state index >= 15 is 0 Å². The summed E-state index contributed by atoms with van der Waals surface area (Å²) in [6, 6.07) is 6.68. The molecule has 1 aliphatic heterocycles. The highest BCUT2D eigenvalue weighted by atomic mass is 16.3. The largest absolute Gasteiger partial charge is 0.508 e. The van der Waals surface area contributed by atoms with Crippen molar-refractivity contribution in [3.8, 4) is 5.75 Å². The van der Waals surface area contributed by atoms with Crippen LogP contribution >= 0.6 is 0 Å². The zero-order valence-corrected chi connectivity index (χ0v) is 13.8. The maximum absolute atomic E-state index is 9.99. The minimum Gasteiger partial charge on any atom is -0.508 e. The van der Waals surface area contributed by atoms with Crippen LogP contribution in [-0.4, -0.2) is 55.2 Å². The summed E-state index contributed by atoms with van der Waals surface area (Å²) in [7, 11) is 6.57. The van der Waals surface area contributed by atoms with E-state index < -0.39 is 0 Å². The lowest BCUT2D eigenvalue weighted by atomic mass is 9.56. The predicted octanol–water partition coefficient (Wildman–Crippen LogP) is 2.48. The van der Waals surface area contributed by atoms with Crippen LogP contribution in [0, 0.1) is 5.92 Å². The number of hydrogen-bond donors (Lipinski definition) is 1. The third-order valence-electron chi connectivity index (χ3n) is 5.99. The molecule has 116 valence electrons. The number of benzene rings is 1. The lowest BCUT2D eigenvalue weighted by molar-refractivity contribution is 0.0322. The average molecular weight is 288 g/mol. The van der Waals surface area contributed by atoms with Gasteiger partial charge in [0.15, 0.2) is 0 Å². The van der Waals surface area contributed by atoms with Gasteiger partial charge in [0.2, 0.25) is 0 Å². The Morgan fingerprint density at radius 1 is 1.38 bits per heavy atom. The number of hydrogen-bond acceptors (Lipinski definition) is 3. The fourth-order valence-electron chi connectivity index (χ4n) is 4.57. The van der Waals surface area contributed by atoms with Crippen molar-refractivity contribution in [1.82, 2.24) is 9.80 Å². The van der Waals surface area contributed by atoms with E-state index in [-0.39, 0.29) is 5.41 Å². The Morgan fingerprint density at radius 2 is 2.14 bits per heavy atom. The van der Waals surface area contributed by atoms with E-state index in [9.17, 15) is 5.11 Å². The topological polar surface area (TPSA) is 26.7 Å². The molecule has 2 aliphatic rings. The monoisotopic (exact) mass is 288 g/mol. The molecule has 0 amide bonds. The van der Waals surface area contributed by atoms with Crippen LogP contribution in [0.5, 0.6) is 5.75 Å². The Balaban J connectivity index is 2.07. The fraction of sp³-hybridized carbons (Fsp3) is 0.667. The van der Waals surface area contributed by atoms with E-state index in [2.05, 4.69) is 43.9 Å². The molecule has 3 heteroatoms. The van der Waals surface area contributed by atoms with E-state index in [0.29, 0.717) is 17.7 Å². The van der Waals surface area contributed by atoms with E-state index in [1.165, 1.54) is 24.0 Å². The van der Waals surface area contributed by atoms with E-state index in [1.54, 1.807) is 0 Å². The van der Waals surface area contributed by atoms with Crippen molar-refractivity contribution in [1.29, 1.82) is 0 Å². The Kier molecular flexibility index (Phi) is 3.74. The van der Waals surface area contributed by atoms with Crippen LogP contribution in [0.1, 0.15) is 30.9 Å². The zero-order chi connectivity index (χ0) is 15.2. The molecular weight excluding hydrogens is 260 g/mol. The van der Waals surface area contributed by atoms with Crippen LogP contribution in [0.4, 0.5) is 0 Å². The number of rotatable bonds is 3. The first-order valence-electron chi connectivity index (χ1n) is 8.11. The highest BCUT2D eigenvalue weighted by Crippen LogP contribution is 2.51. The molecule has 1 N–H and O–H groups in total. The highest BCUT2D eigenvalue weighted by molar-refractivity contribution is 5.44. The van der Waals surface area contributed by atoms with Crippen molar-refractivity contribution in [2.45, 2.75) is 37.6 Å². The first kappa shape index (κ1) is 14.9. The summed E-state index contributed by atoms with van der Waals surface area (Å²) >= 11 is 0. The predicted molar refractivity (Wildman–Crippen MR) is 86.9 cm³/mol. The fourth-order valence-corrected chi connectivity index (χ4v) is 4.57. The molecular formula is C18H28N2O. The van der Waals surface area contributed by atoms with Crippen LogP contribution in [0.25, 0.3) is 0 Å². The lowest BCUT2D eigenvalue weighted by Crippen LogP contribution is -2.58. The van der Waals surface area contributed by atoms with E-state index in [4.69, 9.17) is 0 Å². The Hall–Kier alpha value is -1.06. The first-order chi connectivity index (χ1) is 9.94. The van der Waals surface area contributed by atoms with Crippen LogP contribution in [-0.2, 0) is 11.8 Å². The molecule has 0 aromatic heterocycles. The Labute approximate surface area is 128 Å². The van der Waals surface area contributed by atoms with Crippen LogP contribution in [0.2, 0.25) is 0 Å². The second kappa shape index (κ2) is 5.29. The number of phenols is 1. The first-order valence-corrected chi connectivity index (χ1v) is 8.11. The van der Waals surface area contributed by atoms with Gasteiger partial charge in [-0.3, -0.25) is 0 Å². The van der Waals surface area contributed by atoms with Crippen molar-refractivity contribution in [3.63, 3.8) is 0 Å². The van der Waals surface area contributed by atoms with Crippen molar-refractivity contribution < 1.29 is 5.11 Å². The summed E-state index contributed by atoms with van der Waals surface area (Å²) in [5.41, 5.74) is 3.09. The van der Waals surface area contributed by atoms with Gasteiger partial charge in [-0.25, -0.2) is 0 Å². The van der Waals surface area contributed by atoms with Gasteiger partial charge in [0, 0.05) is 11.5 Å². The second-order valence-corrected chi connectivity index (χ2v) is 7.34. The minimum absolute atomic E-state index is 0.230. The molecule has 1 heterocycles. The van der Waals surface area contributed by atoms with Crippen molar-refractivity contribution in [2.24, 2.45) is 5.92 Å². The summed E-state index contributed by atoms with van der Waals surface area (Å²) in [5.74, 6) is 1.06. The summed E-state index contributed by atoms with van der Waals surface area (Å²) < 4.78 is 0. The maximum atomic E-state index is 9.99. The highest BCUT2D eigenvalue weighted by Gasteiger charge is 2.50. The SMILES string of the molecule is C[C@H]1[C@H]2Cc3ccc(O)cc3[C@@]1(CCN(C)C)CCN2C. The van der Waals surface area contributed by atoms with Gasteiger partial charge in [0.25, 0.3) is 0 Å². The molecule has 1 aliphatic carbocycles. The summed E-state index contributed by atoms with van der Waals surface area (Å²) in [6.07, 6.45) is 3.50. The average Bonchev–Trinajstić information content (AvgIpc) is 2.43. The van der Waals surface area contributed by atoms with Crippen molar-refractivity contribution in [2.75, 3.05) is 34.2 Å². The number of nitrogens with zero attached hydrogens (tertiary/aromatic N) is 2. The summed E-state index contributed by atoms with van der Waals surface area (Å²) in [4.78, 5) is 4.82. The molecule has 1 aromatic carbocycles. The second-order valence-electron chi connectivity index (χ2n) is 7.34. The van der Waals surface area contributed by atoms with Gasteiger partial charge < -0.3 is 14.9 Å². The zero-order valence-electron chi connectivity index (χ0n) is 13.8. The molecule has 1 fully saturated rings. The van der Waals surface area contributed by atoms with Crippen molar-refractivity contribution >= 4 is 0 Å². The molecule has 21 heavy (non-hydrogen) atoms. The molecule has 2 bridgehead atoms. The molecule has 0 radical (unpaired) electrons. The van der Waals surface area contributed by atoms with Gasteiger partial charge in [-0.05, 0) is 82.7 Å². The third-order valence-corrected chi connectivity index (χ3v) is 5.99. The Bertz CT molecular complexity index is 528. The molecule has 3 rings (SSSR count). The van der Waals surface area contributed by atoms with Gasteiger partial charge in [0.1, 0.15) is 5.75 Å². The molecule has 1 aromatic rings. The maximum Gasteiger partial charge on any atom is 0.115 e. The number of phenolic OH excluding ortho intramolecular Hbond substituents is 1. The van der Waals surface area contributed by atoms with Crippen LogP contribution < -0.4 is 0 Å². The standard InChI is InChI=1S/C18H28N2O/c1-13-17-11-14-5-6-15(21)12-16(14)18(13,7-9-19(2)3)8-10-20(17)4/h5-6,12-13,17,21H,7-11H2,1-4H3/t13-,17+,18-/m0/s1. The number of fused-ring (bicyclic) bond motifs is 4. The third kappa shape index (κ3) is 2.36. The van der Waals surface area contributed by atoms with E-state index in [0.717, 1.165) is 19.5 Å².